The highest BCUT2D eigenvalue weighted by Gasteiger charge is 2.34. The van der Waals surface area contributed by atoms with Crippen LogP contribution in [-0.4, -0.2) is 24.7 Å². The average molecular weight is 523 g/mol. The molecule has 7 nitrogen and oxygen atoms in total. The molecule has 0 saturated heterocycles. The number of nitrogens with zero attached hydrogens (tertiary/aromatic N) is 2. The summed E-state index contributed by atoms with van der Waals surface area (Å²) in [7, 11) is 0. The fourth-order valence-electron chi connectivity index (χ4n) is 5.37. The van der Waals surface area contributed by atoms with E-state index in [2.05, 4.69) is 10.2 Å². The van der Waals surface area contributed by atoms with Crippen molar-refractivity contribution in [3.63, 3.8) is 0 Å². The number of aromatic nitrogens is 4. The van der Waals surface area contributed by atoms with Crippen molar-refractivity contribution in [2.75, 3.05) is 0 Å². The van der Waals surface area contributed by atoms with Crippen LogP contribution in [-0.2, 0) is 5.41 Å². The normalized spacial score (nSPS) is 11.9. The van der Waals surface area contributed by atoms with E-state index in [9.17, 15) is 14.7 Å². The monoisotopic (exact) mass is 522 g/mol. The molecule has 3 aromatic carbocycles. The SMILES string of the molecule is Cc1cc(C(c2c(C)[nH]n(-c3ccccc3)c2=O)c2c(C)[nH]n(-c3ccccc3)c2=O)c(O)c(C(C)(C)C)c1. The molecule has 5 aromatic rings. The van der Waals surface area contributed by atoms with E-state index in [4.69, 9.17) is 0 Å². The van der Waals surface area contributed by atoms with Crippen LogP contribution >= 0.6 is 0 Å². The number of para-hydroxylation sites is 2. The maximum Gasteiger partial charge on any atom is 0.275 e. The van der Waals surface area contributed by atoms with Crippen molar-refractivity contribution in [3.8, 4) is 17.1 Å². The number of aromatic amines is 2. The lowest BCUT2D eigenvalue weighted by Crippen LogP contribution is -2.26. The molecule has 0 aliphatic rings. The first-order valence-electron chi connectivity index (χ1n) is 13.1. The molecule has 39 heavy (non-hydrogen) atoms. The molecule has 0 unspecified atom stereocenters. The van der Waals surface area contributed by atoms with E-state index in [1.54, 1.807) is 0 Å². The number of aromatic hydroxyl groups is 1. The summed E-state index contributed by atoms with van der Waals surface area (Å²) in [5.41, 5.74) is 4.78. The highest BCUT2D eigenvalue weighted by molar-refractivity contribution is 5.56. The summed E-state index contributed by atoms with van der Waals surface area (Å²) in [6.45, 7) is 11.7. The molecule has 200 valence electrons. The topological polar surface area (TPSA) is 95.8 Å². The minimum absolute atomic E-state index is 0.0932. The number of hydrogen-bond acceptors (Lipinski definition) is 3. The van der Waals surface area contributed by atoms with E-state index < -0.39 is 5.92 Å². The molecule has 0 spiro atoms. The summed E-state index contributed by atoms with van der Waals surface area (Å²) < 4.78 is 2.99. The number of benzene rings is 3. The van der Waals surface area contributed by atoms with Crippen molar-refractivity contribution in [2.45, 2.75) is 52.9 Å². The van der Waals surface area contributed by atoms with Gasteiger partial charge in [0.05, 0.1) is 28.4 Å². The van der Waals surface area contributed by atoms with Gasteiger partial charge in [0.1, 0.15) is 5.75 Å². The summed E-state index contributed by atoms with van der Waals surface area (Å²) >= 11 is 0. The second kappa shape index (κ2) is 9.66. The zero-order valence-corrected chi connectivity index (χ0v) is 23.2. The van der Waals surface area contributed by atoms with E-state index >= 15 is 0 Å². The van der Waals surface area contributed by atoms with Gasteiger partial charge in [-0.25, -0.2) is 9.36 Å². The van der Waals surface area contributed by atoms with Gasteiger partial charge >= 0.3 is 0 Å². The molecular weight excluding hydrogens is 488 g/mol. The zero-order chi connectivity index (χ0) is 28.1. The summed E-state index contributed by atoms with van der Waals surface area (Å²) in [6.07, 6.45) is 0. The second-order valence-electron chi connectivity index (χ2n) is 11.2. The van der Waals surface area contributed by atoms with Gasteiger partial charge in [-0.05, 0) is 56.0 Å². The van der Waals surface area contributed by atoms with Crippen molar-refractivity contribution in [1.82, 2.24) is 19.6 Å². The Bertz CT molecular complexity index is 1670. The number of phenolic OH excluding ortho intramolecular Hbond substituents is 1. The van der Waals surface area contributed by atoms with E-state index in [1.165, 1.54) is 9.36 Å². The molecule has 3 N–H and O–H groups in total. The van der Waals surface area contributed by atoms with Crippen LogP contribution in [0, 0.1) is 20.8 Å². The Labute approximate surface area is 227 Å². The first-order valence-corrected chi connectivity index (χ1v) is 13.1. The van der Waals surface area contributed by atoms with Crippen molar-refractivity contribution >= 4 is 0 Å². The predicted molar refractivity (Wildman–Crippen MR) is 155 cm³/mol. The summed E-state index contributed by atoms with van der Waals surface area (Å²) in [5, 5.41) is 18.1. The Hall–Kier alpha value is -4.52. The van der Waals surface area contributed by atoms with Gasteiger partial charge in [-0.15, -0.1) is 0 Å². The van der Waals surface area contributed by atoms with E-state index in [0.29, 0.717) is 39.5 Å². The Morgan fingerprint density at radius 2 is 1.15 bits per heavy atom. The van der Waals surface area contributed by atoms with Crippen LogP contribution < -0.4 is 11.1 Å². The lowest BCUT2D eigenvalue weighted by Gasteiger charge is -2.25. The first kappa shape index (κ1) is 26.1. The van der Waals surface area contributed by atoms with Crippen molar-refractivity contribution in [1.29, 1.82) is 0 Å². The smallest absolute Gasteiger partial charge is 0.275 e. The third kappa shape index (κ3) is 4.54. The van der Waals surface area contributed by atoms with Gasteiger partial charge in [0, 0.05) is 17.0 Å². The number of aryl methyl sites for hydroxylation is 3. The van der Waals surface area contributed by atoms with Crippen LogP contribution in [0.5, 0.6) is 5.75 Å². The molecule has 0 aliphatic heterocycles. The Morgan fingerprint density at radius 3 is 1.56 bits per heavy atom. The molecule has 2 heterocycles. The molecule has 0 bridgehead atoms. The van der Waals surface area contributed by atoms with Crippen molar-refractivity contribution < 1.29 is 5.11 Å². The van der Waals surface area contributed by atoms with Crippen LogP contribution in [0.4, 0.5) is 0 Å². The van der Waals surface area contributed by atoms with E-state index in [1.807, 2.05) is 114 Å². The molecule has 7 heteroatoms. The third-order valence-corrected chi connectivity index (χ3v) is 7.24. The number of phenols is 1. The van der Waals surface area contributed by atoms with Gasteiger partial charge in [0.25, 0.3) is 11.1 Å². The summed E-state index contributed by atoms with van der Waals surface area (Å²) in [4.78, 5) is 28.2. The molecule has 0 aliphatic carbocycles. The lowest BCUT2D eigenvalue weighted by atomic mass is 9.78. The quantitative estimate of drug-likeness (QED) is 0.274. The van der Waals surface area contributed by atoms with Crippen LogP contribution in [0.15, 0.2) is 82.4 Å². The molecule has 0 radical (unpaired) electrons. The zero-order valence-electron chi connectivity index (χ0n) is 23.2. The largest absolute Gasteiger partial charge is 0.507 e. The highest BCUT2D eigenvalue weighted by atomic mass is 16.3. The first-order chi connectivity index (χ1) is 18.5. The number of hydrogen-bond donors (Lipinski definition) is 3. The fourth-order valence-corrected chi connectivity index (χ4v) is 5.37. The Morgan fingerprint density at radius 1 is 0.718 bits per heavy atom. The molecule has 0 atom stereocenters. The van der Waals surface area contributed by atoms with Crippen molar-refractivity contribution in [2.24, 2.45) is 0 Å². The molecule has 0 saturated carbocycles. The molecule has 0 amide bonds. The van der Waals surface area contributed by atoms with E-state index in [0.717, 1.165) is 11.1 Å². The Balaban J connectivity index is 1.86. The Kier molecular flexibility index (Phi) is 6.46. The minimum atomic E-state index is -0.812. The van der Waals surface area contributed by atoms with E-state index in [-0.39, 0.29) is 22.3 Å². The van der Waals surface area contributed by atoms with Crippen LogP contribution in [0.3, 0.4) is 0 Å². The van der Waals surface area contributed by atoms with Gasteiger partial charge in [-0.3, -0.25) is 19.8 Å². The fraction of sp³-hybridized carbons (Fsp3) is 0.250. The molecule has 0 fully saturated rings. The average Bonchev–Trinajstić information content (AvgIpc) is 3.36. The standard InChI is InChI=1S/C32H34N4O3/c1-19-17-24(29(37)25(18-19)32(4,5)6)28(26-20(2)33-35(30(26)38)22-13-9-7-10-14-22)27-21(3)34-36(31(27)39)23-15-11-8-12-16-23/h7-18,28,33-34,37H,1-6H3. The number of nitrogens with one attached hydrogen (secondary N) is 2. The number of H-pyrrole nitrogens is 2. The van der Waals surface area contributed by atoms with Gasteiger partial charge in [0.15, 0.2) is 0 Å². The third-order valence-electron chi connectivity index (χ3n) is 7.24. The van der Waals surface area contributed by atoms with Gasteiger partial charge in [-0.2, -0.15) is 0 Å². The molecule has 2 aromatic heterocycles. The van der Waals surface area contributed by atoms with Gasteiger partial charge < -0.3 is 5.11 Å². The maximum absolute atomic E-state index is 14.1. The predicted octanol–water partition coefficient (Wildman–Crippen LogP) is 5.75. The molecular formula is C32H34N4O3. The summed E-state index contributed by atoms with van der Waals surface area (Å²) in [6, 6.07) is 22.5. The maximum atomic E-state index is 14.1. The minimum Gasteiger partial charge on any atom is -0.507 e. The number of rotatable bonds is 5. The molecule has 5 rings (SSSR count). The van der Waals surface area contributed by atoms with Crippen LogP contribution in [0.1, 0.15) is 65.9 Å². The van der Waals surface area contributed by atoms with Gasteiger partial charge in [0.2, 0.25) is 0 Å². The summed E-state index contributed by atoms with van der Waals surface area (Å²) in [5.74, 6) is -0.718. The second-order valence-corrected chi connectivity index (χ2v) is 11.2. The lowest BCUT2D eigenvalue weighted by molar-refractivity contribution is 0.439. The van der Waals surface area contributed by atoms with Crippen LogP contribution in [0.2, 0.25) is 0 Å². The van der Waals surface area contributed by atoms with Crippen molar-refractivity contribution in [3.05, 3.63) is 133 Å². The van der Waals surface area contributed by atoms with Crippen LogP contribution in [0.25, 0.3) is 11.4 Å². The van der Waals surface area contributed by atoms with Gasteiger partial charge in [-0.1, -0.05) is 74.9 Å². The highest BCUT2D eigenvalue weighted by Crippen LogP contribution is 2.42.